The minimum Gasteiger partial charge on any atom is -0.489 e. The van der Waals surface area contributed by atoms with Crippen molar-refractivity contribution in [3.8, 4) is 5.75 Å². The highest BCUT2D eigenvalue weighted by atomic mass is 79.9. The highest BCUT2D eigenvalue weighted by molar-refractivity contribution is 9.10. The number of halogens is 1. The second kappa shape index (κ2) is 10.9. The third-order valence-electron chi connectivity index (χ3n) is 5.98. The minimum atomic E-state index is -1.11. The van der Waals surface area contributed by atoms with Gasteiger partial charge in [-0.05, 0) is 53.1 Å². The molecule has 2 heterocycles. The Kier molecular flexibility index (Phi) is 7.45. The second-order valence-corrected chi connectivity index (χ2v) is 11.0. The molecule has 3 aromatic carbocycles. The maximum Gasteiger partial charge on any atom is 0.327 e. The fourth-order valence-electron chi connectivity index (χ4n) is 4.14. The highest BCUT2D eigenvalue weighted by Crippen LogP contribution is 2.35. The standard InChI is InChI=1S/C28H21BrN2O4S2/c29-20-10-8-17(9-11-20)16-35-21-5-3-4-18(12-21)13-25-26(32)31(28(36)37-25)24(27(33)34)14-19-15-30-23-7-2-1-6-22(19)23/h1-13,15,24,30H,14,16H2,(H,33,34)/b25-13-. The number of benzene rings is 3. The Morgan fingerprint density at radius 2 is 1.92 bits per heavy atom. The summed E-state index contributed by atoms with van der Waals surface area (Å²) in [5, 5.41) is 10.9. The van der Waals surface area contributed by atoms with Crippen molar-refractivity contribution in [1.29, 1.82) is 0 Å². The third kappa shape index (κ3) is 5.64. The van der Waals surface area contributed by atoms with Gasteiger partial charge in [-0.2, -0.15) is 0 Å². The molecule has 1 fully saturated rings. The van der Waals surface area contributed by atoms with E-state index in [0.29, 0.717) is 17.3 Å². The van der Waals surface area contributed by atoms with Crippen LogP contribution >= 0.6 is 39.9 Å². The van der Waals surface area contributed by atoms with Crippen molar-refractivity contribution >= 4 is 73.1 Å². The summed E-state index contributed by atoms with van der Waals surface area (Å²) >= 11 is 9.99. The van der Waals surface area contributed by atoms with Crippen LogP contribution in [0.3, 0.4) is 0 Å². The summed E-state index contributed by atoms with van der Waals surface area (Å²) in [7, 11) is 0. The number of carboxylic acids is 1. The first-order valence-corrected chi connectivity index (χ1v) is 13.4. The maximum atomic E-state index is 13.3. The highest BCUT2D eigenvalue weighted by Gasteiger charge is 2.40. The molecule has 37 heavy (non-hydrogen) atoms. The van der Waals surface area contributed by atoms with Gasteiger partial charge in [0.05, 0.1) is 4.91 Å². The van der Waals surface area contributed by atoms with Gasteiger partial charge in [-0.25, -0.2) is 4.79 Å². The number of hydrogen-bond acceptors (Lipinski definition) is 5. The number of ether oxygens (including phenoxy) is 1. The summed E-state index contributed by atoms with van der Waals surface area (Å²) in [5.41, 5.74) is 3.52. The molecule has 0 bridgehead atoms. The average Bonchev–Trinajstić information content (AvgIpc) is 3.42. The molecule has 1 amide bonds. The van der Waals surface area contributed by atoms with Gasteiger partial charge in [-0.1, -0.05) is 82.4 Å². The lowest BCUT2D eigenvalue weighted by molar-refractivity contribution is -0.145. The fourth-order valence-corrected chi connectivity index (χ4v) is 5.76. The number of rotatable bonds is 8. The van der Waals surface area contributed by atoms with Crippen LogP contribution in [0, 0.1) is 0 Å². The molecule has 1 saturated heterocycles. The van der Waals surface area contributed by atoms with Crippen LogP contribution in [0.4, 0.5) is 0 Å². The monoisotopic (exact) mass is 592 g/mol. The molecule has 1 atom stereocenters. The van der Waals surface area contributed by atoms with Crippen LogP contribution in [-0.2, 0) is 22.6 Å². The largest absolute Gasteiger partial charge is 0.489 e. The van der Waals surface area contributed by atoms with Crippen molar-refractivity contribution in [2.24, 2.45) is 0 Å². The number of aliphatic carboxylic acids is 1. The van der Waals surface area contributed by atoms with Crippen LogP contribution in [-0.4, -0.2) is 37.2 Å². The number of hydrogen-bond donors (Lipinski definition) is 2. The molecule has 0 spiro atoms. The molecule has 0 saturated carbocycles. The first kappa shape index (κ1) is 25.3. The number of aromatic amines is 1. The predicted octanol–water partition coefficient (Wildman–Crippen LogP) is 6.41. The fraction of sp³-hybridized carbons (Fsp3) is 0.107. The number of nitrogens with zero attached hydrogens (tertiary/aromatic N) is 1. The molecular weight excluding hydrogens is 572 g/mol. The number of para-hydroxylation sites is 1. The predicted molar refractivity (Wildman–Crippen MR) is 153 cm³/mol. The van der Waals surface area contributed by atoms with E-state index < -0.39 is 17.9 Å². The van der Waals surface area contributed by atoms with Gasteiger partial charge in [-0.15, -0.1) is 0 Å². The van der Waals surface area contributed by atoms with Gasteiger partial charge in [0.15, 0.2) is 0 Å². The van der Waals surface area contributed by atoms with E-state index in [2.05, 4.69) is 20.9 Å². The summed E-state index contributed by atoms with van der Waals surface area (Å²) in [6, 6.07) is 21.8. The van der Waals surface area contributed by atoms with Crippen molar-refractivity contribution < 1.29 is 19.4 Å². The molecule has 1 aliphatic rings. The number of thiocarbonyl (C=S) groups is 1. The van der Waals surface area contributed by atoms with E-state index in [1.54, 1.807) is 12.3 Å². The van der Waals surface area contributed by atoms with Crippen molar-refractivity contribution in [3.63, 3.8) is 0 Å². The summed E-state index contributed by atoms with van der Waals surface area (Å²) < 4.78 is 7.15. The molecule has 1 aromatic heterocycles. The van der Waals surface area contributed by atoms with Crippen molar-refractivity contribution in [2.75, 3.05) is 0 Å². The lowest BCUT2D eigenvalue weighted by Crippen LogP contribution is -2.45. The lowest BCUT2D eigenvalue weighted by Gasteiger charge is -2.23. The van der Waals surface area contributed by atoms with E-state index in [4.69, 9.17) is 17.0 Å². The number of carboxylic acid groups (broad SMARTS) is 1. The van der Waals surface area contributed by atoms with E-state index in [1.165, 1.54) is 4.90 Å². The lowest BCUT2D eigenvalue weighted by atomic mass is 10.0. The van der Waals surface area contributed by atoms with Crippen LogP contribution in [0.15, 0.2) is 88.4 Å². The Bertz CT molecular complexity index is 1530. The molecule has 186 valence electrons. The Labute approximate surface area is 231 Å². The zero-order chi connectivity index (χ0) is 25.9. The summed E-state index contributed by atoms with van der Waals surface area (Å²) in [5.74, 6) is -0.857. The Morgan fingerprint density at radius 1 is 1.14 bits per heavy atom. The van der Waals surface area contributed by atoms with Gasteiger partial charge < -0.3 is 14.8 Å². The van der Waals surface area contributed by atoms with E-state index in [-0.39, 0.29) is 10.7 Å². The SMILES string of the molecule is O=C(O)C(Cc1c[nH]c2ccccc12)N1C(=O)/C(=C/c2cccc(OCc3ccc(Br)cc3)c2)SC1=S. The number of amides is 1. The number of H-pyrrole nitrogens is 1. The smallest absolute Gasteiger partial charge is 0.327 e. The quantitative estimate of drug-likeness (QED) is 0.182. The minimum absolute atomic E-state index is 0.137. The van der Waals surface area contributed by atoms with Crippen LogP contribution in [0.5, 0.6) is 5.75 Å². The first-order chi connectivity index (χ1) is 17.9. The number of aromatic nitrogens is 1. The van der Waals surface area contributed by atoms with E-state index in [1.807, 2.05) is 72.8 Å². The molecule has 2 N–H and O–H groups in total. The number of fused-ring (bicyclic) bond motifs is 1. The molecule has 1 aliphatic heterocycles. The van der Waals surface area contributed by atoms with Crippen LogP contribution in [0.25, 0.3) is 17.0 Å². The van der Waals surface area contributed by atoms with Crippen molar-refractivity contribution in [1.82, 2.24) is 9.88 Å². The van der Waals surface area contributed by atoms with Crippen molar-refractivity contribution in [3.05, 3.63) is 105 Å². The van der Waals surface area contributed by atoms with Gasteiger partial charge in [-0.3, -0.25) is 9.69 Å². The number of thioether (sulfide) groups is 1. The Morgan fingerprint density at radius 3 is 2.70 bits per heavy atom. The van der Waals surface area contributed by atoms with Crippen LogP contribution < -0.4 is 4.74 Å². The zero-order valence-electron chi connectivity index (χ0n) is 19.4. The van der Waals surface area contributed by atoms with Gasteiger partial charge in [0.1, 0.15) is 22.7 Å². The molecule has 5 rings (SSSR count). The topological polar surface area (TPSA) is 82.6 Å². The van der Waals surface area contributed by atoms with Crippen LogP contribution in [0.2, 0.25) is 0 Å². The summed E-state index contributed by atoms with van der Waals surface area (Å²) in [4.78, 5) is 30.3. The zero-order valence-corrected chi connectivity index (χ0v) is 22.6. The average molecular weight is 594 g/mol. The molecule has 9 heteroatoms. The van der Waals surface area contributed by atoms with E-state index in [0.717, 1.165) is 43.8 Å². The maximum absolute atomic E-state index is 13.3. The van der Waals surface area contributed by atoms with Gasteiger partial charge in [0, 0.05) is 28.0 Å². The number of carbonyl (C=O) groups excluding carboxylic acids is 1. The molecule has 0 aliphatic carbocycles. The van der Waals surface area contributed by atoms with E-state index >= 15 is 0 Å². The molecule has 0 radical (unpaired) electrons. The van der Waals surface area contributed by atoms with Gasteiger partial charge in [0.2, 0.25) is 0 Å². The molecule has 1 unspecified atom stereocenters. The van der Waals surface area contributed by atoms with Gasteiger partial charge in [0.25, 0.3) is 5.91 Å². The molecular formula is C28H21BrN2O4S2. The van der Waals surface area contributed by atoms with Crippen molar-refractivity contribution in [2.45, 2.75) is 19.1 Å². The first-order valence-electron chi connectivity index (χ1n) is 11.4. The number of carbonyl (C=O) groups is 2. The molecule has 6 nitrogen and oxygen atoms in total. The molecule has 4 aromatic rings. The third-order valence-corrected chi connectivity index (χ3v) is 7.84. The Hall–Kier alpha value is -3.40. The van der Waals surface area contributed by atoms with Crippen LogP contribution in [0.1, 0.15) is 16.7 Å². The second-order valence-electron chi connectivity index (χ2n) is 8.46. The normalized spacial score (nSPS) is 15.5. The van der Waals surface area contributed by atoms with Gasteiger partial charge >= 0.3 is 5.97 Å². The summed E-state index contributed by atoms with van der Waals surface area (Å²) in [6.45, 7) is 0.410. The number of nitrogens with one attached hydrogen (secondary N) is 1. The Balaban J connectivity index is 1.33. The van der Waals surface area contributed by atoms with E-state index in [9.17, 15) is 14.7 Å². The summed E-state index contributed by atoms with van der Waals surface area (Å²) in [6.07, 6.45) is 3.64.